The number of ether oxygens (including phenoxy) is 1. The topological polar surface area (TPSA) is 29.5 Å². The van der Waals surface area contributed by atoms with Crippen LogP contribution in [0.2, 0.25) is 0 Å². The maximum Gasteiger partial charge on any atom is 0.125 e. The minimum absolute atomic E-state index is 0.0669. The first-order valence-electron chi connectivity index (χ1n) is 10.0. The first kappa shape index (κ1) is 22.5. The molecule has 146 valence electrons. The zero-order valence-corrected chi connectivity index (χ0v) is 17.7. The number of methoxy groups -OCH3 is 1. The molecule has 2 heteroatoms. The Morgan fingerprint density at radius 2 is 1.85 bits per heavy atom. The van der Waals surface area contributed by atoms with Crippen molar-refractivity contribution in [2.45, 2.75) is 86.2 Å². The number of aliphatic hydroxyl groups excluding tert-OH is 1. The van der Waals surface area contributed by atoms with Crippen molar-refractivity contribution in [2.75, 3.05) is 7.11 Å². The summed E-state index contributed by atoms with van der Waals surface area (Å²) in [5.74, 6) is 0.955. The SMILES string of the molecule is CCCCCc1cc(CO)c(C/C=C(/C)CCC=C(C)C)c(OC)c1C. The van der Waals surface area contributed by atoms with Gasteiger partial charge in [0.05, 0.1) is 13.7 Å². The standard InChI is InChI=1S/C24H38O2/c1-7-8-9-13-21-16-22(17-25)23(24(26-6)20(21)5)15-14-19(4)12-10-11-18(2)3/h11,14,16,25H,7-10,12-13,15,17H2,1-6H3/b19-14-. The van der Waals surface area contributed by atoms with Gasteiger partial charge in [0.25, 0.3) is 0 Å². The van der Waals surface area contributed by atoms with E-state index in [1.54, 1.807) is 7.11 Å². The Morgan fingerprint density at radius 3 is 2.42 bits per heavy atom. The number of unbranched alkanes of at least 4 members (excludes halogenated alkanes) is 2. The van der Waals surface area contributed by atoms with Gasteiger partial charge in [0, 0.05) is 5.56 Å². The Morgan fingerprint density at radius 1 is 1.12 bits per heavy atom. The Kier molecular flexibility index (Phi) is 10.3. The van der Waals surface area contributed by atoms with Crippen molar-refractivity contribution in [1.29, 1.82) is 0 Å². The van der Waals surface area contributed by atoms with Crippen LogP contribution in [0.15, 0.2) is 29.4 Å². The maximum absolute atomic E-state index is 9.91. The molecule has 0 spiro atoms. The van der Waals surface area contributed by atoms with Gasteiger partial charge in [-0.3, -0.25) is 0 Å². The summed E-state index contributed by atoms with van der Waals surface area (Å²) < 4.78 is 5.76. The van der Waals surface area contributed by atoms with Gasteiger partial charge in [0.15, 0.2) is 0 Å². The summed E-state index contributed by atoms with van der Waals surface area (Å²) in [5, 5.41) is 9.91. The molecule has 0 atom stereocenters. The van der Waals surface area contributed by atoms with Gasteiger partial charge in [-0.1, -0.05) is 49.1 Å². The van der Waals surface area contributed by atoms with Crippen LogP contribution >= 0.6 is 0 Å². The second-order valence-corrected chi connectivity index (χ2v) is 7.52. The molecule has 1 aromatic carbocycles. The molecular weight excluding hydrogens is 320 g/mol. The van der Waals surface area contributed by atoms with E-state index in [-0.39, 0.29) is 6.61 Å². The fourth-order valence-corrected chi connectivity index (χ4v) is 3.36. The molecule has 0 aromatic heterocycles. The second-order valence-electron chi connectivity index (χ2n) is 7.52. The van der Waals surface area contributed by atoms with E-state index >= 15 is 0 Å². The summed E-state index contributed by atoms with van der Waals surface area (Å²) in [6, 6.07) is 2.19. The molecular formula is C24H38O2. The molecule has 0 aliphatic heterocycles. The molecule has 0 fully saturated rings. The largest absolute Gasteiger partial charge is 0.496 e. The van der Waals surface area contributed by atoms with Gasteiger partial charge in [-0.05, 0) is 76.5 Å². The monoisotopic (exact) mass is 358 g/mol. The van der Waals surface area contributed by atoms with E-state index in [0.717, 1.165) is 42.6 Å². The molecule has 0 radical (unpaired) electrons. The fourth-order valence-electron chi connectivity index (χ4n) is 3.36. The van der Waals surface area contributed by atoms with Crippen LogP contribution in [0.4, 0.5) is 0 Å². The number of allylic oxidation sites excluding steroid dienone is 4. The van der Waals surface area contributed by atoms with E-state index in [0.29, 0.717) is 0 Å². The van der Waals surface area contributed by atoms with Crippen LogP contribution in [0, 0.1) is 6.92 Å². The molecule has 0 heterocycles. The highest BCUT2D eigenvalue weighted by atomic mass is 16.5. The highest BCUT2D eigenvalue weighted by Crippen LogP contribution is 2.32. The molecule has 1 rings (SSSR count). The minimum Gasteiger partial charge on any atom is -0.496 e. The summed E-state index contributed by atoms with van der Waals surface area (Å²) in [6.07, 6.45) is 12.3. The first-order valence-corrected chi connectivity index (χ1v) is 10.0. The molecule has 1 N–H and O–H groups in total. The van der Waals surface area contributed by atoms with Crippen LogP contribution in [0.5, 0.6) is 5.75 Å². The molecule has 0 unspecified atom stereocenters. The lowest BCUT2D eigenvalue weighted by Crippen LogP contribution is -2.04. The van der Waals surface area contributed by atoms with Gasteiger partial charge in [-0.15, -0.1) is 0 Å². The van der Waals surface area contributed by atoms with Gasteiger partial charge in [-0.2, -0.15) is 0 Å². The van der Waals surface area contributed by atoms with Crippen molar-refractivity contribution in [3.05, 3.63) is 51.6 Å². The lowest BCUT2D eigenvalue weighted by molar-refractivity contribution is 0.279. The van der Waals surface area contributed by atoms with Crippen LogP contribution in [-0.2, 0) is 19.4 Å². The van der Waals surface area contributed by atoms with E-state index in [2.05, 4.69) is 52.8 Å². The molecule has 2 nitrogen and oxygen atoms in total. The smallest absolute Gasteiger partial charge is 0.125 e. The average molecular weight is 359 g/mol. The van der Waals surface area contributed by atoms with Gasteiger partial charge >= 0.3 is 0 Å². The van der Waals surface area contributed by atoms with Crippen LogP contribution < -0.4 is 4.74 Å². The van der Waals surface area contributed by atoms with Crippen molar-refractivity contribution >= 4 is 0 Å². The van der Waals surface area contributed by atoms with E-state index < -0.39 is 0 Å². The molecule has 0 amide bonds. The van der Waals surface area contributed by atoms with Crippen molar-refractivity contribution in [3.8, 4) is 5.75 Å². The zero-order valence-electron chi connectivity index (χ0n) is 17.7. The lowest BCUT2D eigenvalue weighted by Gasteiger charge is -2.18. The molecule has 0 saturated carbocycles. The predicted octanol–water partition coefficient (Wildman–Crippen LogP) is 6.46. The van der Waals surface area contributed by atoms with Crippen LogP contribution in [0.25, 0.3) is 0 Å². The third-order valence-electron chi connectivity index (χ3n) is 5.00. The molecule has 0 aliphatic carbocycles. The van der Waals surface area contributed by atoms with Crippen molar-refractivity contribution in [2.24, 2.45) is 0 Å². The van der Waals surface area contributed by atoms with E-state index in [1.807, 2.05) is 0 Å². The fraction of sp³-hybridized carbons (Fsp3) is 0.583. The highest BCUT2D eigenvalue weighted by Gasteiger charge is 2.15. The minimum atomic E-state index is 0.0669. The summed E-state index contributed by atoms with van der Waals surface area (Å²) in [4.78, 5) is 0. The predicted molar refractivity (Wildman–Crippen MR) is 113 cm³/mol. The molecule has 0 saturated heterocycles. The van der Waals surface area contributed by atoms with E-state index in [1.165, 1.54) is 41.5 Å². The van der Waals surface area contributed by atoms with Gasteiger partial charge < -0.3 is 9.84 Å². The number of hydrogen-bond donors (Lipinski definition) is 1. The molecule has 26 heavy (non-hydrogen) atoms. The van der Waals surface area contributed by atoms with Gasteiger partial charge in [-0.25, -0.2) is 0 Å². The molecule has 0 bridgehead atoms. The molecule has 0 aliphatic rings. The van der Waals surface area contributed by atoms with E-state index in [4.69, 9.17) is 4.74 Å². The Bertz CT molecular complexity index is 620. The first-order chi connectivity index (χ1) is 12.4. The summed E-state index contributed by atoms with van der Waals surface area (Å²) in [6.45, 7) is 10.9. The normalized spacial score (nSPS) is 11.6. The van der Waals surface area contributed by atoms with Crippen LogP contribution in [0.3, 0.4) is 0 Å². The van der Waals surface area contributed by atoms with Crippen LogP contribution in [-0.4, -0.2) is 12.2 Å². The number of rotatable bonds is 11. The third kappa shape index (κ3) is 6.99. The second kappa shape index (κ2) is 12.0. The highest BCUT2D eigenvalue weighted by molar-refractivity contribution is 5.51. The Balaban J connectivity index is 3.02. The average Bonchev–Trinajstić information content (AvgIpc) is 2.61. The van der Waals surface area contributed by atoms with Gasteiger partial charge in [0.2, 0.25) is 0 Å². The van der Waals surface area contributed by atoms with Crippen LogP contribution in [0.1, 0.15) is 82.1 Å². The number of aliphatic hydroxyl groups is 1. The summed E-state index contributed by atoms with van der Waals surface area (Å²) >= 11 is 0. The Hall–Kier alpha value is -1.54. The van der Waals surface area contributed by atoms with Crippen molar-refractivity contribution in [1.82, 2.24) is 0 Å². The molecule has 1 aromatic rings. The van der Waals surface area contributed by atoms with Gasteiger partial charge in [0.1, 0.15) is 5.75 Å². The quantitative estimate of drug-likeness (QED) is 0.363. The summed E-state index contributed by atoms with van der Waals surface area (Å²) in [7, 11) is 1.74. The Labute approximate surface area is 161 Å². The maximum atomic E-state index is 9.91. The number of aryl methyl sites for hydroxylation is 1. The zero-order chi connectivity index (χ0) is 19.5. The number of benzene rings is 1. The van der Waals surface area contributed by atoms with Crippen molar-refractivity contribution < 1.29 is 9.84 Å². The van der Waals surface area contributed by atoms with Crippen molar-refractivity contribution in [3.63, 3.8) is 0 Å². The number of hydrogen-bond acceptors (Lipinski definition) is 2. The third-order valence-corrected chi connectivity index (χ3v) is 5.00. The van der Waals surface area contributed by atoms with E-state index in [9.17, 15) is 5.11 Å². The lowest BCUT2D eigenvalue weighted by atomic mass is 9.92. The summed E-state index contributed by atoms with van der Waals surface area (Å²) in [5.41, 5.74) is 7.44.